The number of methoxy groups -OCH3 is 1. The summed E-state index contributed by atoms with van der Waals surface area (Å²) in [6.07, 6.45) is 2.90. The van der Waals surface area contributed by atoms with Crippen LogP contribution in [-0.2, 0) is 0 Å². The minimum absolute atomic E-state index is 0.182. The van der Waals surface area contributed by atoms with Crippen molar-refractivity contribution in [1.82, 2.24) is 14.8 Å². The second-order valence-corrected chi connectivity index (χ2v) is 5.01. The van der Waals surface area contributed by atoms with Crippen LogP contribution >= 0.6 is 0 Å². The van der Waals surface area contributed by atoms with Crippen LogP contribution in [0.3, 0.4) is 0 Å². The smallest absolute Gasteiger partial charge is 0.137 e. The Balaban J connectivity index is 1.79. The van der Waals surface area contributed by atoms with Gasteiger partial charge in [0.1, 0.15) is 5.75 Å². The summed E-state index contributed by atoms with van der Waals surface area (Å²) in [7, 11) is 1.62. The maximum Gasteiger partial charge on any atom is 0.137 e. The highest BCUT2D eigenvalue weighted by molar-refractivity contribution is 5.26. The molecule has 2 unspecified atom stereocenters. The molecule has 0 saturated carbocycles. The van der Waals surface area contributed by atoms with Gasteiger partial charge < -0.3 is 9.84 Å². The van der Waals surface area contributed by atoms with Crippen molar-refractivity contribution in [1.29, 1.82) is 0 Å². The lowest BCUT2D eigenvalue weighted by Crippen LogP contribution is -2.62. The molecule has 3 fully saturated rings. The molecule has 4 heterocycles. The summed E-state index contributed by atoms with van der Waals surface area (Å²) in [5.74, 6) is 0.697. The fraction of sp³-hybridized carbons (Fsp3) is 0.615. The van der Waals surface area contributed by atoms with Gasteiger partial charge in [0.2, 0.25) is 0 Å². The van der Waals surface area contributed by atoms with Gasteiger partial charge in [0.25, 0.3) is 0 Å². The number of rotatable bonds is 3. The zero-order valence-corrected chi connectivity index (χ0v) is 10.6. The molecule has 3 aliphatic heterocycles. The van der Waals surface area contributed by atoms with Gasteiger partial charge in [-0.05, 0) is 6.07 Å². The summed E-state index contributed by atoms with van der Waals surface area (Å²) >= 11 is 0. The van der Waals surface area contributed by atoms with Gasteiger partial charge in [0, 0.05) is 44.5 Å². The molecule has 4 rings (SSSR count). The SMILES string of the molecule is COc1cncc(C(O)C2CN3CCN2CC3)c1. The molecule has 0 aliphatic carbocycles. The number of aromatic nitrogens is 1. The fourth-order valence-electron chi connectivity index (χ4n) is 2.89. The molecule has 18 heavy (non-hydrogen) atoms. The molecule has 2 atom stereocenters. The number of aliphatic hydroxyl groups is 1. The van der Waals surface area contributed by atoms with Gasteiger partial charge in [-0.2, -0.15) is 0 Å². The molecular formula is C13H19N3O2. The first-order valence-electron chi connectivity index (χ1n) is 6.41. The van der Waals surface area contributed by atoms with Gasteiger partial charge in [0.05, 0.1) is 25.5 Å². The second-order valence-electron chi connectivity index (χ2n) is 5.01. The maximum absolute atomic E-state index is 10.5. The summed E-state index contributed by atoms with van der Waals surface area (Å²) in [6.45, 7) is 5.30. The van der Waals surface area contributed by atoms with Crippen LogP contribution in [0.4, 0.5) is 0 Å². The molecule has 0 aromatic carbocycles. The Bertz CT molecular complexity index is 418. The second kappa shape index (κ2) is 4.84. The summed E-state index contributed by atoms with van der Waals surface area (Å²) in [5.41, 5.74) is 0.841. The minimum atomic E-state index is -0.490. The molecule has 3 aliphatic rings. The van der Waals surface area contributed by atoms with Gasteiger partial charge in [-0.3, -0.25) is 14.8 Å². The first-order chi connectivity index (χ1) is 8.78. The standard InChI is InChI=1S/C13H19N3O2/c1-18-11-6-10(7-14-8-11)13(17)12-9-15-2-4-16(12)5-3-15/h6-8,12-13,17H,2-5,9H2,1H3. The highest BCUT2D eigenvalue weighted by atomic mass is 16.5. The van der Waals surface area contributed by atoms with Crippen molar-refractivity contribution in [3.05, 3.63) is 24.0 Å². The molecule has 2 bridgehead atoms. The Morgan fingerprint density at radius 1 is 1.33 bits per heavy atom. The van der Waals surface area contributed by atoms with E-state index in [0.29, 0.717) is 5.75 Å². The molecule has 98 valence electrons. The molecule has 1 aromatic rings. The average molecular weight is 249 g/mol. The third kappa shape index (κ3) is 2.09. The Morgan fingerprint density at radius 2 is 2.11 bits per heavy atom. The largest absolute Gasteiger partial charge is 0.495 e. The Hall–Kier alpha value is -1.17. The summed E-state index contributed by atoms with van der Waals surface area (Å²) < 4.78 is 5.16. The van der Waals surface area contributed by atoms with Crippen molar-refractivity contribution in [2.24, 2.45) is 0 Å². The van der Waals surface area contributed by atoms with Gasteiger partial charge >= 0.3 is 0 Å². The number of hydrogen-bond acceptors (Lipinski definition) is 5. The van der Waals surface area contributed by atoms with Crippen molar-refractivity contribution in [2.75, 3.05) is 39.8 Å². The van der Waals surface area contributed by atoms with Crippen LogP contribution in [0.2, 0.25) is 0 Å². The van der Waals surface area contributed by atoms with E-state index < -0.39 is 6.10 Å². The lowest BCUT2D eigenvalue weighted by atomic mass is 9.97. The van der Waals surface area contributed by atoms with Crippen LogP contribution in [-0.4, -0.2) is 65.8 Å². The first-order valence-corrected chi connectivity index (χ1v) is 6.41. The number of fused-ring (bicyclic) bond motifs is 3. The number of aliphatic hydroxyl groups excluding tert-OH is 1. The van der Waals surface area contributed by atoms with Crippen LogP contribution in [0.15, 0.2) is 18.5 Å². The van der Waals surface area contributed by atoms with Gasteiger partial charge in [-0.1, -0.05) is 0 Å². The van der Waals surface area contributed by atoms with Crippen molar-refractivity contribution in [3.63, 3.8) is 0 Å². The van der Waals surface area contributed by atoms with Crippen LogP contribution in [0.5, 0.6) is 5.75 Å². The number of ether oxygens (including phenoxy) is 1. The van der Waals surface area contributed by atoms with E-state index in [2.05, 4.69) is 14.8 Å². The van der Waals surface area contributed by atoms with E-state index in [4.69, 9.17) is 4.74 Å². The minimum Gasteiger partial charge on any atom is -0.495 e. The van der Waals surface area contributed by atoms with E-state index in [-0.39, 0.29) is 6.04 Å². The summed E-state index contributed by atoms with van der Waals surface area (Å²) in [4.78, 5) is 8.91. The fourth-order valence-corrected chi connectivity index (χ4v) is 2.89. The molecule has 0 amide bonds. The summed E-state index contributed by atoms with van der Waals surface area (Å²) in [6, 6.07) is 2.05. The van der Waals surface area contributed by atoms with Crippen molar-refractivity contribution >= 4 is 0 Å². The zero-order valence-electron chi connectivity index (χ0n) is 10.6. The number of nitrogens with zero attached hydrogens (tertiary/aromatic N) is 3. The van der Waals surface area contributed by atoms with E-state index in [1.54, 1.807) is 19.5 Å². The normalized spacial score (nSPS) is 32.2. The van der Waals surface area contributed by atoms with Crippen LogP contribution in [0.25, 0.3) is 0 Å². The van der Waals surface area contributed by atoms with E-state index >= 15 is 0 Å². The number of pyridine rings is 1. The third-order valence-corrected chi connectivity index (χ3v) is 4.00. The van der Waals surface area contributed by atoms with E-state index in [0.717, 1.165) is 38.3 Å². The lowest BCUT2D eigenvalue weighted by molar-refractivity contribution is -0.0471. The highest BCUT2D eigenvalue weighted by Crippen LogP contribution is 2.28. The van der Waals surface area contributed by atoms with Crippen LogP contribution < -0.4 is 4.74 Å². The molecule has 3 saturated heterocycles. The van der Waals surface area contributed by atoms with Crippen LogP contribution in [0, 0.1) is 0 Å². The quantitative estimate of drug-likeness (QED) is 0.825. The average Bonchev–Trinajstić information content (AvgIpc) is 2.47. The Kier molecular flexibility index (Phi) is 3.20. The van der Waals surface area contributed by atoms with Crippen LogP contribution in [0.1, 0.15) is 11.7 Å². The van der Waals surface area contributed by atoms with E-state index in [1.165, 1.54) is 0 Å². The molecule has 1 N–H and O–H groups in total. The predicted molar refractivity (Wildman–Crippen MR) is 67.5 cm³/mol. The Morgan fingerprint density at radius 3 is 2.72 bits per heavy atom. The number of hydrogen-bond donors (Lipinski definition) is 1. The molecule has 0 radical (unpaired) electrons. The summed E-state index contributed by atoms with van der Waals surface area (Å²) in [5, 5.41) is 10.5. The maximum atomic E-state index is 10.5. The first kappa shape index (κ1) is 11.9. The highest BCUT2D eigenvalue weighted by Gasteiger charge is 2.36. The lowest BCUT2D eigenvalue weighted by Gasteiger charge is -2.49. The van der Waals surface area contributed by atoms with Gasteiger partial charge in [-0.25, -0.2) is 0 Å². The molecule has 1 aromatic heterocycles. The Labute approximate surface area is 107 Å². The van der Waals surface area contributed by atoms with E-state index in [1.807, 2.05) is 6.07 Å². The van der Waals surface area contributed by atoms with Gasteiger partial charge in [-0.15, -0.1) is 0 Å². The zero-order chi connectivity index (χ0) is 12.5. The van der Waals surface area contributed by atoms with Crippen molar-refractivity contribution in [2.45, 2.75) is 12.1 Å². The van der Waals surface area contributed by atoms with Crippen molar-refractivity contribution < 1.29 is 9.84 Å². The predicted octanol–water partition coefficient (Wildman–Crippen LogP) is 0.123. The third-order valence-electron chi connectivity index (χ3n) is 4.00. The topological polar surface area (TPSA) is 48.8 Å². The van der Waals surface area contributed by atoms with Gasteiger partial charge in [0.15, 0.2) is 0 Å². The molecule has 5 nitrogen and oxygen atoms in total. The molecule has 0 spiro atoms. The molecule has 5 heteroatoms. The van der Waals surface area contributed by atoms with Crippen molar-refractivity contribution in [3.8, 4) is 5.75 Å². The molecular weight excluding hydrogens is 230 g/mol. The number of piperazine rings is 3. The monoisotopic (exact) mass is 249 g/mol. The van der Waals surface area contributed by atoms with E-state index in [9.17, 15) is 5.11 Å².